The largest absolute Gasteiger partial charge is 0.478 e. The van der Waals surface area contributed by atoms with Gasteiger partial charge in [0, 0.05) is 18.7 Å². The van der Waals surface area contributed by atoms with E-state index in [-0.39, 0.29) is 5.91 Å². The van der Waals surface area contributed by atoms with Gasteiger partial charge < -0.3 is 10.4 Å². The third-order valence-electron chi connectivity index (χ3n) is 2.38. The van der Waals surface area contributed by atoms with Gasteiger partial charge in [0.1, 0.15) is 0 Å². The van der Waals surface area contributed by atoms with E-state index < -0.39 is 5.97 Å². The van der Waals surface area contributed by atoms with Crippen molar-refractivity contribution in [2.45, 2.75) is 46.0 Å². The maximum absolute atomic E-state index is 11.1. The summed E-state index contributed by atoms with van der Waals surface area (Å²) in [7, 11) is 0. The molecule has 0 unspecified atom stereocenters. The molecule has 98 valence electrons. The van der Waals surface area contributed by atoms with Crippen LogP contribution in [0.25, 0.3) is 0 Å². The van der Waals surface area contributed by atoms with E-state index >= 15 is 0 Å². The lowest BCUT2D eigenvalue weighted by Gasteiger charge is -2.04. The van der Waals surface area contributed by atoms with E-state index in [9.17, 15) is 9.59 Å². The van der Waals surface area contributed by atoms with Gasteiger partial charge in [0.2, 0.25) is 5.91 Å². The zero-order chi connectivity index (χ0) is 13.1. The maximum atomic E-state index is 11.1. The van der Waals surface area contributed by atoms with Gasteiger partial charge in [-0.15, -0.1) is 0 Å². The molecule has 0 aromatic carbocycles. The third-order valence-corrected chi connectivity index (χ3v) is 2.38. The maximum Gasteiger partial charge on any atom is 0.328 e. The van der Waals surface area contributed by atoms with E-state index in [0.717, 1.165) is 30.9 Å². The second kappa shape index (κ2) is 9.87. The lowest BCUT2D eigenvalue weighted by atomic mass is 10.0. The zero-order valence-electron chi connectivity index (χ0n) is 10.7. The summed E-state index contributed by atoms with van der Waals surface area (Å²) in [5, 5.41) is 11.0. The number of hydrogen-bond acceptors (Lipinski definition) is 2. The summed E-state index contributed by atoms with van der Waals surface area (Å²) in [5.41, 5.74) is 0. The summed E-state index contributed by atoms with van der Waals surface area (Å²) in [4.78, 5) is 21.2. The highest BCUT2D eigenvalue weighted by Gasteiger charge is 1.97. The summed E-state index contributed by atoms with van der Waals surface area (Å²) in [6, 6.07) is 0. The molecule has 0 aliphatic rings. The number of hydrogen-bond donors (Lipinski definition) is 2. The summed E-state index contributed by atoms with van der Waals surface area (Å²) in [6.45, 7) is 5.05. The number of carbonyl (C=O) groups is 2. The molecule has 1 amide bonds. The van der Waals surface area contributed by atoms with Crippen LogP contribution in [0, 0.1) is 5.92 Å². The fraction of sp³-hybridized carbons (Fsp3) is 0.692. The van der Waals surface area contributed by atoms with Crippen LogP contribution in [0.2, 0.25) is 0 Å². The van der Waals surface area contributed by atoms with Crippen LogP contribution in [0.1, 0.15) is 46.0 Å². The zero-order valence-corrected chi connectivity index (χ0v) is 10.7. The molecule has 0 spiro atoms. The first-order valence-corrected chi connectivity index (χ1v) is 6.21. The number of carboxylic acids is 1. The summed E-state index contributed by atoms with van der Waals surface area (Å²) in [5.74, 6) is -0.681. The van der Waals surface area contributed by atoms with Gasteiger partial charge in [-0.25, -0.2) is 4.79 Å². The lowest BCUT2D eigenvalue weighted by molar-refractivity contribution is -0.131. The standard InChI is InChI=1S/C13H23NO3/c1-11(2)7-5-3-4-6-10-14-12(15)8-9-13(16)17/h8-9,11H,3-7,10H2,1-2H3,(H,14,15)(H,16,17)/b9-8+. The molecule has 0 aliphatic heterocycles. The van der Waals surface area contributed by atoms with Crippen LogP contribution in [0.15, 0.2) is 12.2 Å². The molecular weight excluding hydrogens is 218 g/mol. The Balaban J connectivity index is 3.34. The molecule has 0 radical (unpaired) electrons. The molecule has 0 aromatic heterocycles. The van der Waals surface area contributed by atoms with Crippen molar-refractivity contribution >= 4 is 11.9 Å². The van der Waals surface area contributed by atoms with Gasteiger partial charge in [-0.3, -0.25) is 4.79 Å². The summed E-state index contributed by atoms with van der Waals surface area (Å²) >= 11 is 0. The quantitative estimate of drug-likeness (QED) is 0.481. The Hall–Kier alpha value is -1.32. The number of rotatable bonds is 9. The minimum Gasteiger partial charge on any atom is -0.478 e. The number of aliphatic carboxylic acids is 1. The number of nitrogens with one attached hydrogen (secondary N) is 1. The fourth-order valence-corrected chi connectivity index (χ4v) is 1.45. The number of carbonyl (C=O) groups excluding carboxylic acids is 1. The van der Waals surface area contributed by atoms with E-state index in [1.807, 2.05) is 0 Å². The lowest BCUT2D eigenvalue weighted by Crippen LogP contribution is -2.22. The van der Waals surface area contributed by atoms with Crippen molar-refractivity contribution < 1.29 is 14.7 Å². The van der Waals surface area contributed by atoms with E-state index in [2.05, 4.69) is 19.2 Å². The Morgan fingerprint density at radius 2 is 1.76 bits per heavy atom. The minimum absolute atomic E-state index is 0.338. The van der Waals surface area contributed by atoms with E-state index in [1.54, 1.807) is 0 Å². The van der Waals surface area contributed by atoms with Gasteiger partial charge in [0.15, 0.2) is 0 Å². The Morgan fingerprint density at radius 3 is 2.35 bits per heavy atom. The second-order valence-electron chi connectivity index (χ2n) is 4.56. The fourth-order valence-electron chi connectivity index (χ4n) is 1.45. The van der Waals surface area contributed by atoms with E-state index in [0.29, 0.717) is 6.54 Å². The molecule has 0 rings (SSSR count). The van der Waals surface area contributed by atoms with Crippen molar-refractivity contribution in [1.82, 2.24) is 5.32 Å². The monoisotopic (exact) mass is 241 g/mol. The van der Waals surface area contributed by atoms with Gasteiger partial charge >= 0.3 is 5.97 Å². The van der Waals surface area contributed by atoms with Crippen LogP contribution in [-0.4, -0.2) is 23.5 Å². The smallest absolute Gasteiger partial charge is 0.328 e. The topological polar surface area (TPSA) is 66.4 Å². The van der Waals surface area contributed by atoms with Crippen LogP contribution in [0.3, 0.4) is 0 Å². The molecule has 2 N–H and O–H groups in total. The third kappa shape index (κ3) is 12.6. The van der Waals surface area contributed by atoms with Gasteiger partial charge in [0.25, 0.3) is 0 Å². The van der Waals surface area contributed by atoms with Gasteiger partial charge in [0.05, 0.1) is 0 Å². The second-order valence-corrected chi connectivity index (χ2v) is 4.56. The SMILES string of the molecule is CC(C)CCCCCCNC(=O)/C=C/C(=O)O. The minimum atomic E-state index is -1.10. The molecule has 0 aromatic rings. The molecule has 0 saturated heterocycles. The first-order chi connectivity index (χ1) is 8.02. The normalized spacial score (nSPS) is 11.0. The average molecular weight is 241 g/mol. The van der Waals surface area contributed by atoms with Gasteiger partial charge in [-0.1, -0.05) is 39.5 Å². The van der Waals surface area contributed by atoms with Gasteiger partial charge in [-0.05, 0) is 12.3 Å². The van der Waals surface area contributed by atoms with E-state index in [1.165, 1.54) is 19.3 Å². The first-order valence-electron chi connectivity index (χ1n) is 6.21. The van der Waals surface area contributed by atoms with Crippen LogP contribution >= 0.6 is 0 Å². The van der Waals surface area contributed by atoms with Crippen molar-refractivity contribution in [1.29, 1.82) is 0 Å². The molecule has 4 heteroatoms. The highest BCUT2D eigenvalue weighted by Crippen LogP contribution is 2.08. The first kappa shape index (κ1) is 15.7. The van der Waals surface area contributed by atoms with Crippen LogP contribution < -0.4 is 5.32 Å². The van der Waals surface area contributed by atoms with Crippen LogP contribution in [-0.2, 0) is 9.59 Å². The highest BCUT2D eigenvalue weighted by atomic mass is 16.4. The van der Waals surface area contributed by atoms with Gasteiger partial charge in [-0.2, -0.15) is 0 Å². The van der Waals surface area contributed by atoms with Crippen molar-refractivity contribution in [3.8, 4) is 0 Å². The Bertz CT molecular complexity index is 259. The van der Waals surface area contributed by atoms with Crippen molar-refractivity contribution in [3.63, 3.8) is 0 Å². The van der Waals surface area contributed by atoms with Crippen LogP contribution in [0.5, 0.6) is 0 Å². The van der Waals surface area contributed by atoms with E-state index in [4.69, 9.17) is 5.11 Å². The highest BCUT2D eigenvalue weighted by molar-refractivity contribution is 5.93. The molecule has 4 nitrogen and oxygen atoms in total. The molecule has 0 atom stereocenters. The summed E-state index contributed by atoms with van der Waals surface area (Å²) in [6.07, 6.45) is 7.64. The Labute approximate surface area is 103 Å². The molecule has 0 heterocycles. The summed E-state index contributed by atoms with van der Waals surface area (Å²) < 4.78 is 0. The number of amides is 1. The molecular formula is C13H23NO3. The average Bonchev–Trinajstić information content (AvgIpc) is 2.24. The van der Waals surface area contributed by atoms with Crippen LogP contribution in [0.4, 0.5) is 0 Å². The molecule has 0 saturated carbocycles. The number of carboxylic acid groups (broad SMARTS) is 1. The molecule has 0 fully saturated rings. The number of unbranched alkanes of at least 4 members (excludes halogenated alkanes) is 3. The predicted octanol–water partition coefficient (Wildman–Crippen LogP) is 2.35. The Kier molecular flexibility index (Phi) is 9.11. The Morgan fingerprint density at radius 1 is 1.12 bits per heavy atom. The van der Waals surface area contributed by atoms with Crippen molar-refractivity contribution in [2.24, 2.45) is 5.92 Å². The predicted molar refractivity (Wildman–Crippen MR) is 67.7 cm³/mol. The molecule has 0 bridgehead atoms. The molecule has 17 heavy (non-hydrogen) atoms. The van der Waals surface area contributed by atoms with Crippen molar-refractivity contribution in [2.75, 3.05) is 6.54 Å². The van der Waals surface area contributed by atoms with Crippen molar-refractivity contribution in [3.05, 3.63) is 12.2 Å². The molecule has 0 aliphatic carbocycles.